The van der Waals surface area contributed by atoms with Gasteiger partial charge in [-0.2, -0.15) is 0 Å². The third-order valence-corrected chi connectivity index (χ3v) is 7.83. The number of anilines is 2. The number of amides is 1. The van der Waals surface area contributed by atoms with Gasteiger partial charge in [0.1, 0.15) is 18.5 Å². The molecule has 9 heteroatoms. The molecule has 3 fully saturated rings. The number of ether oxygens (including phenoxy) is 3. The first-order valence-electron chi connectivity index (χ1n) is 13.6. The van der Waals surface area contributed by atoms with E-state index in [2.05, 4.69) is 57.9 Å². The molecule has 0 unspecified atom stereocenters. The Morgan fingerprint density at radius 1 is 1.03 bits per heavy atom. The zero-order valence-corrected chi connectivity index (χ0v) is 22.3. The van der Waals surface area contributed by atoms with Crippen LogP contribution in [-0.2, 0) is 9.53 Å². The predicted octanol–water partition coefficient (Wildman–Crippen LogP) is 3.53. The number of likely N-dealkylation sites (tertiary alicyclic amines) is 1. The summed E-state index contributed by atoms with van der Waals surface area (Å²) in [7, 11) is 0. The van der Waals surface area contributed by atoms with Gasteiger partial charge in [0.2, 0.25) is 0 Å². The summed E-state index contributed by atoms with van der Waals surface area (Å²) in [6.07, 6.45) is 7.46. The van der Waals surface area contributed by atoms with E-state index >= 15 is 0 Å². The summed E-state index contributed by atoms with van der Waals surface area (Å²) in [6, 6.07) is 9.43. The van der Waals surface area contributed by atoms with Crippen LogP contribution in [0.25, 0.3) is 0 Å². The smallest absolute Gasteiger partial charge is 0.316 e. The number of hydrogen-bond acceptors (Lipinski definition) is 8. The number of carbonyl (C=O) groups excluding carboxylic acids is 1. The highest BCUT2D eigenvalue weighted by molar-refractivity contribution is 5.94. The lowest BCUT2D eigenvalue weighted by Gasteiger charge is -2.47. The van der Waals surface area contributed by atoms with Crippen molar-refractivity contribution in [2.24, 2.45) is 0 Å². The number of aromatic nitrogens is 2. The third-order valence-electron chi connectivity index (χ3n) is 7.83. The van der Waals surface area contributed by atoms with Crippen LogP contribution in [0.1, 0.15) is 46.5 Å². The molecule has 3 aliphatic rings. The summed E-state index contributed by atoms with van der Waals surface area (Å²) >= 11 is 0. The number of piperidine rings is 2. The maximum Gasteiger partial charge on any atom is 0.316 e. The van der Waals surface area contributed by atoms with Crippen LogP contribution in [0, 0.1) is 0 Å². The summed E-state index contributed by atoms with van der Waals surface area (Å²) in [4.78, 5) is 27.7. The Balaban J connectivity index is 1.15. The highest BCUT2D eigenvalue weighted by Crippen LogP contribution is 2.35. The Bertz CT molecular complexity index is 1030. The average molecular weight is 510 g/mol. The minimum absolute atomic E-state index is 0.0636. The minimum atomic E-state index is -0.350. The highest BCUT2D eigenvalue weighted by Gasteiger charge is 2.43. The molecule has 0 atom stereocenters. The first-order chi connectivity index (χ1) is 17.9. The molecule has 0 radical (unpaired) electrons. The van der Waals surface area contributed by atoms with Gasteiger partial charge in [-0.25, -0.2) is 9.97 Å². The fourth-order valence-electron chi connectivity index (χ4n) is 5.52. The SMILES string of the molecule is CCOc1ncc(N2CC3(CCN(c4ccc(OC5CCN(C(C)C)CC5)cc4)CC3)OCC2=O)cn1. The largest absolute Gasteiger partial charge is 0.490 e. The molecular formula is C28H39N5O4. The zero-order chi connectivity index (χ0) is 25.8. The topological polar surface area (TPSA) is 80.3 Å². The van der Waals surface area contributed by atoms with Gasteiger partial charge >= 0.3 is 6.01 Å². The number of benzene rings is 1. The van der Waals surface area contributed by atoms with Gasteiger partial charge in [0.15, 0.2) is 0 Å². The molecule has 0 saturated carbocycles. The number of rotatable bonds is 7. The molecule has 1 amide bonds. The van der Waals surface area contributed by atoms with Crippen molar-refractivity contribution in [2.45, 2.75) is 64.2 Å². The van der Waals surface area contributed by atoms with Gasteiger partial charge in [-0.15, -0.1) is 0 Å². The van der Waals surface area contributed by atoms with E-state index in [0.717, 1.165) is 57.6 Å². The van der Waals surface area contributed by atoms with Crippen LogP contribution < -0.4 is 19.3 Å². The van der Waals surface area contributed by atoms with Crippen molar-refractivity contribution in [1.82, 2.24) is 14.9 Å². The van der Waals surface area contributed by atoms with Crippen LogP contribution in [-0.4, -0.2) is 84.5 Å². The Labute approximate surface area is 219 Å². The fourth-order valence-corrected chi connectivity index (χ4v) is 5.52. The Morgan fingerprint density at radius 2 is 1.70 bits per heavy atom. The first-order valence-corrected chi connectivity index (χ1v) is 13.6. The molecule has 3 aliphatic heterocycles. The number of morpholine rings is 1. The van der Waals surface area contributed by atoms with Crippen LogP contribution in [0.3, 0.4) is 0 Å². The molecule has 1 aromatic carbocycles. The van der Waals surface area contributed by atoms with Crippen LogP contribution >= 0.6 is 0 Å². The standard InChI is InChI=1S/C28H39N5O4/c1-4-35-27-29-17-23(18-30-27)33-20-28(36-19-26(33)34)11-15-32(16-12-28)22-5-7-24(8-6-22)37-25-9-13-31(14-10-25)21(2)3/h5-8,17-18,21,25H,4,9-16,19-20H2,1-3H3. The average Bonchev–Trinajstić information content (AvgIpc) is 2.92. The van der Waals surface area contributed by atoms with Crippen LogP contribution in [0.5, 0.6) is 11.8 Å². The summed E-state index contributed by atoms with van der Waals surface area (Å²) in [5, 5.41) is 0. The Kier molecular flexibility index (Phi) is 7.81. The second-order valence-corrected chi connectivity index (χ2v) is 10.5. The third kappa shape index (κ3) is 5.99. The minimum Gasteiger partial charge on any atom is -0.490 e. The van der Waals surface area contributed by atoms with E-state index in [0.29, 0.717) is 37.0 Å². The lowest BCUT2D eigenvalue weighted by molar-refractivity contribution is -0.141. The second-order valence-electron chi connectivity index (χ2n) is 10.5. The van der Waals surface area contributed by atoms with Gasteiger partial charge in [-0.05, 0) is 70.7 Å². The molecular weight excluding hydrogens is 470 g/mol. The maximum atomic E-state index is 12.6. The second kappa shape index (κ2) is 11.2. The summed E-state index contributed by atoms with van der Waals surface area (Å²) in [5.74, 6) is 0.883. The molecule has 2 aromatic rings. The highest BCUT2D eigenvalue weighted by atomic mass is 16.5. The molecule has 0 N–H and O–H groups in total. The van der Waals surface area contributed by atoms with Crippen molar-refractivity contribution in [3.63, 3.8) is 0 Å². The van der Waals surface area contributed by atoms with Crippen LogP contribution in [0.2, 0.25) is 0 Å². The van der Waals surface area contributed by atoms with Crippen molar-refractivity contribution in [2.75, 3.05) is 55.7 Å². The van der Waals surface area contributed by atoms with Gasteiger partial charge < -0.3 is 28.9 Å². The van der Waals surface area contributed by atoms with Crippen molar-refractivity contribution in [3.8, 4) is 11.8 Å². The number of nitrogens with zero attached hydrogens (tertiary/aromatic N) is 5. The number of hydrogen-bond donors (Lipinski definition) is 0. The summed E-state index contributed by atoms with van der Waals surface area (Å²) < 4.78 is 17.7. The Morgan fingerprint density at radius 3 is 2.32 bits per heavy atom. The van der Waals surface area contributed by atoms with E-state index < -0.39 is 0 Å². The molecule has 5 rings (SSSR count). The molecule has 0 bridgehead atoms. The van der Waals surface area contributed by atoms with Crippen molar-refractivity contribution in [1.29, 1.82) is 0 Å². The molecule has 1 spiro atoms. The molecule has 0 aliphatic carbocycles. The normalized spacial score (nSPS) is 21.0. The van der Waals surface area contributed by atoms with Crippen LogP contribution in [0.4, 0.5) is 11.4 Å². The quantitative estimate of drug-likeness (QED) is 0.561. The van der Waals surface area contributed by atoms with Gasteiger partial charge in [0.25, 0.3) is 5.91 Å². The zero-order valence-electron chi connectivity index (χ0n) is 22.3. The lowest BCUT2D eigenvalue weighted by Crippen LogP contribution is -2.59. The van der Waals surface area contributed by atoms with E-state index in [1.165, 1.54) is 5.69 Å². The van der Waals surface area contributed by atoms with Gasteiger partial charge in [-0.3, -0.25) is 4.79 Å². The van der Waals surface area contributed by atoms with E-state index in [9.17, 15) is 4.79 Å². The Hall–Kier alpha value is -2.91. The van der Waals surface area contributed by atoms with Crippen molar-refractivity contribution >= 4 is 17.3 Å². The molecule has 3 saturated heterocycles. The van der Waals surface area contributed by atoms with E-state index in [-0.39, 0.29) is 18.1 Å². The molecule has 1 aromatic heterocycles. The maximum absolute atomic E-state index is 12.6. The molecule has 4 heterocycles. The van der Waals surface area contributed by atoms with Gasteiger partial charge in [0, 0.05) is 37.9 Å². The monoisotopic (exact) mass is 509 g/mol. The predicted molar refractivity (Wildman–Crippen MR) is 142 cm³/mol. The van der Waals surface area contributed by atoms with E-state index in [1.807, 2.05) is 6.92 Å². The van der Waals surface area contributed by atoms with Gasteiger partial charge in [0.05, 0.1) is 36.8 Å². The van der Waals surface area contributed by atoms with Crippen molar-refractivity contribution in [3.05, 3.63) is 36.7 Å². The fraction of sp³-hybridized carbons (Fsp3) is 0.607. The summed E-state index contributed by atoms with van der Waals surface area (Å²) in [5.41, 5.74) is 1.53. The lowest BCUT2D eigenvalue weighted by atomic mass is 9.89. The first kappa shape index (κ1) is 25.7. The van der Waals surface area contributed by atoms with Gasteiger partial charge in [-0.1, -0.05) is 0 Å². The number of carbonyl (C=O) groups is 1. The molecule has 200 valence electrons. The summed E-state index contributed by atoms with van der Waals surface area (Å²) in [6.45, 7) is 11.4. The van der Waals surface area contributed by atoms with E-state index in [1.54, 1.807) is 17.3 Å². The van der Waals surface area contributed by atoms with E-state index in [4.69, 9.17) is 14.2 Å². The molecule has 9 nitrogen and oxygen atoms in total. The van der Waals surface area contributed by atoms with Crippen molar-refractivity contribution < 1.29 is 19.0 Å². The van der Waals surface area contributed by atoms with Crippen LogP contribution in [0.15, 0.2) is 36.7 Å². The molecule has 37 heavy (non-hydrogen) atoms.